The maximum Gasteiger partial charge on any atom is 0.311 e. The second-order valence-corrected chi connectivity index (χ2v) is 8.70. The molecule has 3 N–H and O–H groups in total. The molecule has 0 aromatic heterocycles. The average Bonchev–Trinajstić information content (AvgIpc) is 3.18. The molecular weight excluding hydrogens is 443 g/mol. The molecular formula is C25H31FN2O6. The lowest BCUT2D eigenvalue weighted by molar-refractivity contribution is -0.143. The molecule has 8 nitrogen and oxygen atoms in total. The number of halogens is 1. The number of rotatable bonds is 9. The molecule has 34 heavy (non-hydrogen) atoms. The number of aliphatic hydroxyl groups excluding tert-OH is 1. The number of hydrogen-bond acceptors (Lipinski definition) is 6. The Hall–Kier alpha value is -3.33. The minimum absolute atomic E-state index is 0.208. The van der Waals surface area contributed by atoms with Crippen LogP contribution in [0.4, 0.5) is 4.39 Å². The van der Waals surface area contributed by atoms with Gasteiger partial charge in [-0.1, -0.05) is 13.0 Å². The van der Waals surface area contributed by atoms with E-state index in [0.29, 0.717) is 36.9 Å². The highest BCUT2D eigenvalue weighted by atomic mass is 19.1. The van der Waals surface area contributed by atoms with Crippen molar-refractivity contribution in [3.05, 3.63) is 53.8 Å². The molecule has 2 aromatic carbocycles. The van der Waals surface area contributed by atoms with Crippen molar-refractivity contribution >= 4 is 11.8 Å². The largest absolute Gasteiger partial charge is 0.493 e. The van der Waals surface area contributed by atoms with Crippen LogP contribution in [0.2, 0.25) is 0 Å². The number of likely N-dealkylation sites (tertiary alicyclic amines) is 1. The summed E-state index contributed by atoms with van der Waals surface area (Å²) in [5, 5.41) is 10.5. The van der Waals surface area contributed by atoms with Crippen LogP contribution in [0.5, 0.6) is 17.2 Å². The molecule has 1 aliphatic rings. The second-order valence-electron chi connectivity index (χ2n) is 8.70. The van der Waals surface area contributed by atoms with Crippen molar-refractivity contribution in [2.45, 2.75) is 32.3 Å². The van der Waals surface area contributed by atoms with Gasteiger partial charge in [-0.3, -0.25) is 9.59 Å². The zero-order valence-corrected chi connectivity index (χ0v) is 19.6. The first-order chi connectivity index (χ1) is 16.2. The van der Waals surface area contributed by atoms with Crippen molar-refractivity contribution in [3.8, 4) is 17.2 Å². The molecule has 3 atom stereocenters. The molecule has 0 bridgehead atoms. The summed E-state index contributed by atoms with van der Waals surface area (Å²) in [7, 11) is 1.54. The monoisotopic (exact) mass is 474 g/mol. The Kier molecular flexibility index (Phi) is 7.98. The number of benzene rings is 2. The van der Waals surface area contributed by atoms with Crippen molar-refractivity contribution in [1.29, 1.82) is 0 Å². The van der Waals surface area contributed by atoms with Crippen LogP contribution in [-0.4, -0.2) is 61.3 Å². The lowest BCUT2D eigenvalue weighted by atomic mass is 9.72. The van der Waals surface area contributed by atoms with Crippen LogP contribution in [0.3, 0.4) is 0 Å². The maximum absolute atomic E-state index is 13.0. The first-order valence-electron chi connectivity index (χ1n) is 11.1. The molecule has 3 rings (SSSR count). The fourth-order valence-electron chi connectivity index (χ4n) is 4.22. The van der Waals surface area contributed by atoms with Gasteiger partial charge in [-0.15, -0.1) is 0 Å². The topological polar surface area (TPSA) is 111 Å². The number of methoxy groups -OCH3 is 1. The molecule has 0 saturated carbocycles. The molecule has 1 heterocycles. The molecule has 1 saturated heterocycles. The Balaban J connectivity index is 1.69. The third-order valence-electron chi connectivity index (χ3n) is 6.40. The zero-order valence-electron chi connectivity index (χ0n) is 19.6. The minimum Gasteiger partial charge on any atom is -0.493 e. The van der Waals surface area contributed by atoms with Crippen LogP contribution in [0.15, 0.2) is 42.5 Å². The van der Waals surface area contributed by atoms with Crippen molar-refractivity contribution in [2.75, 3.05) is 33.4 Å². The molecule has 0 aliphatic carbocycles. The summed E-state index contributed by atoms with van der Waals surface area (Å²) in [5.41, 5.74) is 5.36. The van der Waals surface area contributed by atoms with E-state index >= 15 is 0 Å². The van der Waals surface area contributed by atoms with Gasteiger partial charge in [0.25, 0.3) is 0 Å². The maximum atomic E-state index is 13.0. The van der Waals surface area contributed by atoms with Gasteiger partial charge >= 0.3 is 11.8 Å². The number of hydrogen-bond donors (Lipinski definition) is 2. The Labute approximate surface area is 198 Å². The van der Waals surface area contributed by atoms with Crippen LogP contribution >= 0.6 is 0 Å². The molecule has 1 fully saturated rings. The summed E-state index contributed by atoms with van der Waals surface area (Å²) in [6.07, 6.45) is -0.154. The van der Waals surface area contributed by atoms with Gasteiger partial charge in [0, 0.05) is 30.8 Å². The van der Waals surface area contributed by atoms with Gasteiger partial charge < -0.3 is 30.0 Å². The minimum atomic E-state index is -1.02. The summed E-state index contributed by atoms with van der Waals surface area (Å²) in [6.45, 7) is 4.76. The number of carbonyl (C=O) groups excluding carboxylic acids is 2. The molecule has 9 heteroatoms. The molecule has 0 spiro atoms. The molecule has 184 valence electrons. The highest BCUT2D eigenvalue weighted by Crippen LogP contribution is 2.46. The van der Waals surface area contributed by atoms with Gasteiger partial charge in [0.15, 0.2) is 11.5 Å². The summed E-state index contributed by atoms with van der Waals surface area (Å²) >= 11 is 0. The Bertz CT molecular complexity index is 1010. The Morgan fingerprint density at radius 3 is 2.47 bits per heavy atom. The summed E-state index contributed by atoms with van der Waals surface area (Å²) in [4.78, 5) is 25.0. The number of aliphatic hydroxyl groups is 1. The fourth-order valence-corrected chi connectivity index (χ4v) is 4.22. The lowest BCUT2D eigenvalue weighted by Gasteiger charge is -2.33. The standard InChI is InChI=1S/C25H31FN2O6/c1-16(29)25(2)15-28(24(31)23(27)30)14-20(25)17-5-10-21(32-3)22(13-17)34-12-4-11-33-19-8-6-18(26)7-9-19/h5-10,13,16,20,29H,4,11-12,14-15H2,1-3H3,(H2,27,30)/t16-,20+,25+/m1/s1. The SMILES string of the molecule is COc1ccc([C@@H]2CN(C(=O)C(N)=O)C[C@@]2(C)[C@@H](C)O)cc1OCCCOc1ccc(F)cc1. The van der Waals surface area contributed by atoms with Gasteiger partial charge in [0.05, 0.1) is 26.4 Å². The summed E-state index contributed by atoms with van der Waals surface area (Å²) in [5.74, 6) is -0.700. The van der Waals surface area contributed by atoms with Crippen LogP contribution in [-0.2, 0) is 9.59 Å². The van der Waals surface area contributed by atoms with Crippen LogP contribution in [0.1, 0.15) is 31.7 Å². The fraction of sp³-hybridized carbons (Fsp3) is 0.440. The van der Waals surface area contributed by atoms with Crippen molar-refractivity contribution < 1.29 is 33.3 Å². The van der Waals surface area contributed by atoms with E-state index in [1.54, 1.807) is 32.2 Å². The van der Waals surface area contributed by atoms with Gasteiger partial charge in [-0.05, 0) is 48.9 Å². The van der Waals surface area contributed by atoms with Crippen molar-refractivity contribution in [1.82, 2.24) is 4.90 Å². The predicted octanol–water partition coefficient (Wildman–Crippen LogP) is 2.48. The number of ether oxygens (including phenoxy) is 3. The van der Waals surface area contributed by atoms with E-state index in [-0.39, 0.29) is 24.8 Å². The summed E-state index contributed by atoms with van der Waals surface area (Å²) < 4.78 is 29.9. The first-order valence-corrected chi connectivity index (χ1v) is 11.1. The third-order valence-corrected chi connectivity index (χ3v) is 6.40. The Morgan fingerprint density at radius 1 is 1.18 bits per heavy atom. The molecule has 2 aromatic rings. The Morgan fingerprint density at radius 2 is 1.85 bits per heavy atom. The van der Waals surface area contributed by atoms with Gasteiger partial charge in [-0.25, -0.2) is 4.39 Å². The highest BCUT2D eigenvalue weighted by molar-refractivity contribution is 6.34. The molecule has 0 unspecified atom stereocenters. The normalized spacial score (nSPS) is 20.6. The van der Waals surface area contributed by atoms with E-state index in [9.17, 15) is 19.1 Å². The van der Waals surface area contributed by atoms with E-state index in [1.165, 1.54) is 17.0 Å². The van der Waals surface area contributed by atoms with Crippen LogP contribution in [0.25, 0.3) is 0 Å². The number of amides is 2. The van der Waals surface area contributed by atoms with Gasteiger partial charge in [0.2, 0.25) is 0 Å². The van der Waals surface area contributed by atoms with E-state index in [0.717, 1.165) is 5.56 Å². The number of nitrogens with two attached hydrogens (primary N) is 1. The molecule has 0 radical (unpaired) electrons. The highest BCUT2D eigenvalue weighted by Gasteiger charge is 2.49. The smallest absolute Gasteiger partial charge is 0.311 e. The molecule has 1 aliphatic heterocycles. The summed E-state index contributed by atoms with van der Waals surface area (Å²) in [6, 6.07) is 11.3. The van der Waals surface area contributed by atoms with Crippen molar-refractivity contribution in [3.63, 3.8) is 0 Å². The van der Waals surface area contributed by atoms with E-state index in [4.69, 9.17) is 19.9 Å². The number of primary amides is 1. The molecule has 2 amide bonds. The number of carbonyl (C=O) groups is 2. The van der Waals surface area contributed by atoms with E-state index in [1.807, 2.05) is 19.1 Å². The van der Waals surface area contributed by atoms with Crippen LogP contribution < -0.4 is 19.9 Å². The number of nitrogens with zero attached hydrogens (tertiary/aromatic N) is 1. The zero-order chi connectivity index (χ0) is 24.9. The average molecular weight is 475 g/mol. The van der Waals surface area contributed by atoms with Gasteiger partial charge in [-0.2, -0.15) is 0 Å². The van der Waals surface area contributed by atoms with Crippen molar-refractivity contribution in [2.24, 2.45) is 11.1 Å². The van der Waals surface area contributed by atoms with Gasteiger partial charge in [0.1, 0.15) is 11.6 Å². The third kappa shape index (κ3) is 5.59. The second kappa shape index (κ2) is 10.7. The van der Waals surface area contributed by atoms with E-state index < -0.39 is 23.3 Å². The quantitative estimate of drug-likeness (QED) is 0.427. The van der Waals surface area contributed by atoms with Crippen LogP contribution in [0, 0.1) is 11.2 Å². The lowest BCUT2D eigenvalue weighted by Crippen LogP contribution is -2.41. The first kappa shape index (κ1) is 25.3. The predicted molar refractivity (Wildman–Crippen MR) is 123 cm³/mol. The van der Waals surface area contributed by atoms with E-state index in [2.05, 4.69) is 0 Å².